The van der Waals surface area contributed by atoms with E-state index >= 15 is 0 Å². The van der Waals surface area contributed by atoms with Crippen molar-refractivity contribution >= 4 is 0 Å². The highest BCUT2D eigenvalue weighted by Crippen LogP contribution is 2.36. The number of rotatable bonds is 7. The van der Waals surface area contributed by atoms with Crippen LogP contribution >= 0.6 is 0 Å². The third kappa shape index (κ3) is 3.30. The van der Waals surface area contributed by atoms with Gasteiger partial charge in [-0.05, 0) is 12.8 Å². The zero-order chi connectivity index (χ0) is 9.57. The van der Waals surface area contributed by atoms with Crippen LogP contribution in [0.1, 0.15) is 58.8 Å². The summed E-state index contributed by atoms with van der Waals surface area (Å²) >= 11 is 0. The maximum Gasteiger partial charge on any atom is 0.0544 e. The van der Waals surface area contributed by atoms with Crippen LogP contribution in [0.2, 0.25) is 0 Å². The average molecular weight is 184 g/mol. The second kappa shape index (κ2) is 5.64. The molecule has 1 aliphatic rings. The van der Waals surface area contributed by atoms with E-state index < -0.39 is 0 Å². The van der Waals surface area contributed by atoms with Crippen molar-refractivity contribution in [2.45, 2.75) is 58.8 Å². The van der Waals surface area contributed by atoms with Gasteiger partial charge in [0.1, 0.15) is 0 Å². The van der Waals surface area contributed by atoms with Crippen LogP contribution in [0.5, 0.6) is 0 Å². The molecule has 0 atom stereocenters. The summed E-state index contributed by atoms with van der Waals surface area (Å²) in [6.07, 6.45) is 9.73. The van der Waals surface area contributed by atoms with Crippen molar-refractivity contribution in [1.82, 2.24) is 0 Å². The lowest BCUT2D eigenvalue weighted by atomic mass is 9.78. The van der Waals surface area contributed by atoms with Crippen molar-refractivity contribution < 1.29 is 4.74 Å². The first kappa shape index (κ1) is 11.0. The van der Waals surface area contributed by atoms with Gasteiger partial charge in [-0.3, -0.25) is 0 Å². The molecule has 1 heteroatoms. The minimum atomic E-state index is 0.589. The molecule has 1 aliphatic heterocycles. The summed E-state index contributed by atoms with van der Waals surface area (Å²) in [5.41, 5.74) is 0.589. The summed E-state index contributed by atoms with van der Waals surface area (Å²) in [7, 11) is 0. The highest BCUT2D eigenvalue weighted by atomic mass is 16.5. The predicted molar refractivity (Wildman–Crippen MR) is 56.9 cm³/mol. The molecule has 0 bridgehead atoms. The molecule has 0 N–H and O–H groups in total. The Kier molecular flexibility index (Phi) is 4.79. The number of hydrogen-bond acceptors (Lipinski definition) is 1. The van der Waals surface area contributed by atoms with E-state index in [-0.39, 0.29) is 0 Å². The smallest absolute Gasteiger partial charge is 0.0544 e. The Hall–Kier alpha value is -0.0400. The summed E-state index contributed by atoms with van der Waals surface area (Å²) in [6, 6.07) is 0. The molecular formula is C12H24O. The highest BCUT2D eigenvalue weighted by molar-refractivity contribution is 4.83. The topological polar surface area (TPSA) is 9.23 Å². The fourth-order valence-electron chi connectivity index (χ4n) is 2.02. The van der Waals surface area contributed by atoms with Gasteiger partial charge in [0.2, 0.25) is 0 Å². The molecule has 0 amide bonds. The van der Waals surface area contributed by atoms with Gasteiger partial charge in [-0.2, -0.15) is 0 Å². The van der Waals surface area contributed by atoms with Crippen LogP contribution in [0.4, 0.5) is 0 Å². The lowest BCUT2D eigenvalue weighted by molar-refractivity contribution is -0.120. The molecule has 1 fully saturated rings. The summed E-state index contributed by atoms with van der Waals surface area (Å²) in [4.78, 5) is 0. The normalized spacial score (nSPS) is 19.8. The molecule has 1 nitrogen and oxygen atoms in total. The van der Waals surface area contributed by atoms with Crippen LogP contribution in [0.15, 0.2) is 0 Å². The third-order valence-electron chi connectivity index (χ3n) is 3.38. The molecule has 0 radical (unpaired) electrons. The first-order valence-corrected chi connectivity index (χ1v) is 5.91. The minimum absolute atomic E-state index is 0.589. The Balaban J connectivity index is 1.98. The van der Waals surface area contributed by atoms with Gasteiger partial charge in [0, 0.05) is 5.41 Å². The van der Waals surface area contributed by atoms with Crippen LogP contribution in [0.3, 0.4) is 0 Å². The molecule has 0 spiro atoms. The maximum absolute atomic E-state index is 5.31. The SMILES string of the molecule is CCCCCCCC1(CC)COC1. The molecule has 13 heavy (non-hydrogen) atoms. The van der Waals surface area contributed by atoms with E-state index in [0.29, 0.717) is 5.41 Å². The van der Waals surface area contributed by atoms with Crippen molar-refractivity contribution in [2.24, 2.45) is 5.41 Å². The van der Waals surface area contributed by atoms with Crippen LogP contribution in [0.25, 0.3) is 0 Å². The third-order valence-corrected chi connectivity index (χ3v) is 3.38. The number of unbranched alkanes of at least 4 members (excludes halogenated alkanes) is 4. The van der Waals surface area contributed by atoms with Gasteiger partial charge in [0.25, 0.3) is 0 Å². The largest absolute Gasteiger partial charge is 0.380 e. The first-order chi connectivity index (χ1) is 6.33. The van der Waals surface area contributed by atoms with Gasteiger partial charge in [-0.1, -0.05) is 46.0 Å². The molecule has 0 saturated carbocycles. The van der Waals surface area contributed by atoms with Gasteiger partial charge >= 0.3 is 0 Å². The quantitative estimate of drug-likeness (QED) is 0.547. The van der Waals surface area contributed by atoms with Crippen molar-refractivity contribution in [1.29, 1.82) is 0 Å². The van der Waals surface area contributed by atoms with Crippen LogP contribution in [-0.2, 0) is 4.74 Å². The fraction of sp³-hybridized carbons (Fsp3) is 1.00. The van der Waals surface area contributed by atoms with Gasteiger partial charge in [0.05, 0.1) is 13.2 Å². The molecule has 0 aromatic rings. The van der Waals surface area contributed by atoms with E-state index in [1.54, 1.807) is 0 Å². The number of ether oxygens (including phenoxy) is 1. The summed E-state index contributed by atoms with van der Waals surface area (Å²) in [5, 5.41) is 0. The lowest BCUT2D eigenvalue weighted by Gasteiger charge is -2.41. The van der Waals surface area contributed by atoms with Crippen molar-refractivity contribution in [2.75, 3.05) is 13.2 Å². The summed E-state index contributed by atoms with van der Waals surface area (Å²) < 4.78 is 5.31. The maximum atomic E-state index is 5.31. The molecule has 0 aliphatic carbocycles. The molecule has 0 aromatic carbocycles. The highest BCUT2D eigenvalue weighted by Gasteiger charge is 2.35. The summed E-state index contributed by atoms with van der Waals surface area (Å²) in [5.74, 6) is 0. The van der Waals surface area contributed by atoms with Gasteiger partial charge in [-0.25, -0.2) is 0 Å². The van der Waals surface area contributed by atoms with Crippen molar-refractivity contribution in [3.63, 3.8) is 0 Å². The van der Waals surface area contributed by atoms with Crippen molar-refractivity contribution in [3.8, 4) is 0 Å². The molecule has 1 rings (SSSR count). The summed E-state index contributed by atoms with van der Waals surface area (Å²) in [6.45, 7) is 6.62. The van der Waals surface area contributed by atoms with Crippen LogP contribution in [-0.4, -0.2) is 13.2 Å². The molecule has 0 unspecified atom stereocenters. The Morgan fingerprint density at radius 1 is 1.00 bits per heavy atom. The second-order valence-corrected chi connectivity index (χ2v) is 4.51. The van der Waals surface area contributed by atoms with Crippen molar-refractivity contribution in [3.05, 3.63) is 0 Å². The molecule has 1 heterocycles. The monoisotopic (exact) mass is 184 g/mol. The Morgan fingerprint density at radius 2 is 1.69 bits per heavy atom. The molecular weight excluding hydrogens is 160 g/mol. The van der Waals surface area contributed by atoms with Gasteiger partial charge in [-0.15, -0.1) is 0 Å². The fourth-order valence-corrected chi connectivity index (χ4v) is 2.02. The lowest BCUT2D eigenvalue weighted by Crippen LogP contribution is -2.41. The van der Waals surface area contributed by atoms with E-state index in [1.165, 1.54) is 44.9 Å². The molecule has 0 aromatic heterocycles. The van der Waals surface area contributed by atoms with E-state index in [4.69, 9.17) is 4.74 Å². The van der Waals surface area contributed by atoms with E-state index in [9.17, 15) is 0 Å². The standard InChI is InChI=1S/C12H24O/c1-3-5-6-7-8-9-12(4-2)10-13-11-12/h3-11H2,1-2H3. The Morgan fingerprint density at radius 3 is 2.15 bits per heavy atom. The first-order valence-electron chi connectivity index (χ1n) is 5.91. The van der Waals surface area contributed by atoms with E-state index in [0.717, 1.165) is 13.2 Å². The average Bonchev–Trinajstić information content (AvgIpc) is 2.09. The predicted octanol–water partition coefficient (Wildman–Crippen LogP) is 3.77. The molecule has 1 saturated heterocycles. The van der Waals surface area contributed by atoms with E-state index in [2.05, 4.69) is 13.8 Å². The second-order valence-electron chi connectivity index (χ2n) is 4.51. The number of hydrogen-bond donors (Lipinski definition) is 0. The Bertz CT molecular complexity index is 122. The van der Waals surface area contributed by atoms with Crippen LogP contribution in [0, 0.1) is 5.41 Å². The van der Waals surface area contributed by atoms with Gasteiger partial charge in [0.15, 0.2) is 0 Å². The molecule has 78 valence electrons. The minimum Gasteiger partial charge on any atom is -0.380 e. The zero-order valence-corrected chi connectivity index (χ0v) is 9.27. The van der Waals surface area contributed by atoms with Gasteiger partial charge < -0.3 is 4.74 Å². The zero-order valence-electron chi connectivity index (χ0n) is 9.27. The Labute approximate surface area is 82.9 Å². The van der Waals surface area contributed by atoms with E-state index in [1.807, 2.05) is 0 Å². The van der Waals surface area contributed by atoms with Crippen LogP contribution < -0.4 is 0 Å².